The lowest BCUT2D eigenvalue weighted by Crippen LogP contribution is -2.84. The molecule has 0 unspecified atom stereocenters. The molecule has 100 valence electrons. The second-order valence-electron chi connectivity index (χ2n) is 4.52. The third-order valence-corrected chi connectivity index (χ3v) is 3.14. The summed E-state index contributed by atoms with van der Waals surface area (Å²) in [5, 5.41) is 1.89. The Morgan fingerprint density at radius 2 is 2.06 bits per heavy atom. The van der Waals surface area contributed by atoms with Gasteiger partial charge in [0.15, 0.2) is 0 Å². The van der Waals surface area contributed by atoms with E-state index in [0.29, 0.717) is 12.1 Å². The van der Waals surface area contributed by atoms with Crippen molar-refractivity contribution in [2.24, 2.45) is 0 Å². The fourth-order valence-corrected chi connectivity index (χ4v) is 2.23. The quantitative estimate of drug-likeness (QED) is 0.879. The number of hydrogen-bond donors (Lipinski definition) is 1. The van der Waals surface area contributed by atoms with Crippen molar-refractivity contribution in [3.63, 3.8) is 0 Å². The number of nitrogens with two attached hydrogens (primary N) is 1. The van der Waals surface area contributed by atoms with Gasteiger partial charge in [0.25, 0.3) is 0 Å². The molecule has 2 N–H and O–H groups in total. The Hall–Kier alpha value is -1.07. The zero-order chi connectivity index (χ0) is 13.0. The van der Waals surface area contributed by atoms with Crippen LogP contribution in [0, 0.1) is 0 Å². The Morgan fingerprint density at radius 3 is 2.72 bits per heavy atom. The summed E-state index contributed by atoms with van der Waals surface area (Å²) in [6, 6.07) is 5.74. The third-order valence-electron chi connectivity index (χ3n) is 3.14. The second-order valence-corrected chi connectivity index (χ2v) is 4.52. The van der Waals surface area contributed by atoms with Crippen LogP contribution in [0.4, 0.5) is 13.2 Å². The van der Waals surface area contributed by atoms with E-state index in [1.807, 2.05) is 5.32 Å². The molecule has 5 heteroatoms. The van der Waals surface area contributed by atoms with Gasteiger partial charge in [0.05, 0.1) is 5.56 Å². The minimum Gasteiger partial charge on any atom is -0.372 e. The van der Waals surface area contributed by atoms with Crippen molar-refractivity contribution in [3.8, 4) is 0 Å². The maximum absolute atomic E-state index is 12.7. The highest BCUT2D eigenvalue weighted by Crippen LogP contribution is 2.31. The molecule has 1 aromatic rings. The van der Waals surface area contributed by atoms with Gasteiger partial charge in [0.2, 0.25) is 0 Å². The minimum absolute atomic E-state index is 0.197. The van der Waals surface area contributed by atoms with E-state index in [0.717, 1.165) is 32.1 Å². The highest BCUT2D eigenvalue weighted by Gasteiger charge is 2.33. The van der Waals surface area contributed by atoms with Crippen molar-refractivity contribution in [2.45, 2.75) is 31.7 Å². The summed E-state index contributed by atoms with van der Waals surface area (Å²) in [6.45, 7) is 1.85. The highest BCUT2D eigenvalue weighted by molar-refractivity contribution is 5.28. The lowest BCUT2D eigenvalue weighted by atomic mass is 10.1. The molecular formula is C13H17F3NO+. The number of benzene rings is 1. The molecule has 0 aromatic heterocycles. The first-order chi connectivity index (χ1) is 8.57. The molecule has 0 spiro atoms. The predicted octanol–water partition coefficient (Wildman–Crippen LogP) is 1.95. The van der Waals surface area contributed by atoms with Gasteiger partial charge in [0.1, 0.15) is 19.2 Å². The molecule has 0 bridgehead atoms. The predicted molar refractivity (Wildman–Crippen MR) is 60.9 cm³/mol. The van der Waals surface area contributed by atoms with Crippen LogP contribution in [0.15, 0.2) is 24.3 Å². The Morgan fingerprint density at radius 1 is 1.28 bits per heavy atom. The van der Waals surface area contributed by atoms with Gasteiger partial charge in [-0.25, -0.2) is 0 Å². The van der Waals surface area contributed by atoms with Crippen LogP contribution in [0.3, 0.4) is 0 Å². The van der Waals surface area contributed by atoms with Gasteiger partial charge in [-0.05, 0) is 18.9 Å². The summed E-state index contributed by atoms with van der Waals surface area (Å²) in [5.41, 5.74) is -0.198. The van der Waals surface area contributed by atoms with Crippen LogP contribution < -0.4 is 5.32 Å². The summed E-state index contributed by atoms with van der Waals surface area (Å²) in [5.74, 6) is 0. The Kier molecular flexibility index (Phi) is 4.24. The van der Waals surface area contributed by atoms with E-state index >= 15 is 0 Å². The monoisotopic (exact) mass is 260 g/mol. The van der Waals surface area contributed by atoms with Crippen LogP contribution >= 0.6 is 0 Å². The topological polar surface area (TPSA) is 25.8 Å². The lowest BCUT2D eigenvalue weighted by molar-refractivity contribution is -0.676. The maximum atomic E-state index is 12.7. The highest BCUT2D eigenvalue weighted by atomic mass is 19.4. The first kappa shape index (κ1) is 13.4. The van der Waals surface area contributed by atoms with Crippen LogP contribution in [-0.4, -0.2) is 19.3 Å². The SMILES string of the molecule is FC(F)(F)c1ccccc1C[NH2+]C[C@H]1CCCO1. The van der Waals surface area contributed by atoms with E-state index in [4.69, 9.17) is 4.74 Å². The molecule has 1 atom stereocenters. The maximum Gasteiger partial charge on any atom is 0.416 e. The largest absolute Gasteiger partial charge is 0.416 e. The van der Waals surface area contributed by atoms with Crippen LogP contribution in [0.1, 0.15) is 24.0 Å². The van der Waals surface area contributed by atoms with Crippen LogP contribution in [0.25, 0.3) is 0 Å². The Balaban J connectivity index is 1.92. The van der Waals surface area contributed by atoms with Gasteiger partial charge in [-0.2, -0.15) is 13.2 Å². The molecule has 0 amide bonds. The number of alkyl halides is 3. The van der Waals surface area contributed by atoms with Gasteiger partial charge in [-0.1, -0.05) is 18.2 Å². The molecule has 1 saturated heterocycles. The molecule has 0 radical (unpaired) electrons. The van der Waals surface area contributed by atoms with Gasteiger partial charge in [-0.3, -0.25) is 0 Å². The van der Waals surface area contributed by atoms with E-state index in [9.17, 15) is 13.2 Å². The van der Waals surface area contributed by atoms with Gasteiger partial charge in [0, 0.05) is 12.2 Å². The fraction of sp³-hybridized carbons (Fsp3) is 0.538. The van der Waals surface area contributed by atoms with Crippen molar-refractivity contribution in [3.05, 3.63) is 35.4 Å². The van der Waals surface area contributed by atoms with Crippen molar-refractivity contribution in [1.82, 2.24) is 0 Å². The summed E-state index contributed by atoms with van der Waals surface area (Å²) in [4.78, 5) is 0. The van der Waals surface area contributed by atoms with Gasteiger partial charge >= 0.3 is 6.18 Å². The molecule has 1 aliphatic rings. The zero-order valence-electron chi connectivity index (χ0n) is 10.0. The first-order valence-electron chi connectivity index (χ1n) is 6.16. The van der Waals surface area contributed by atoms with Crippen molar-refractivity contribution >= 4 is 0 Å². The average molecular weight is 260 g/mol. The normalized spacial score (nSPS) is 20.3. The average Bonchev–Trinajstić information content (AvgIpc) is 2.81. The molecule has 1 aromatic carbocycles. The second kappa shape index (κ2) is 5.71. The standard InChI is InChI=1S/C13H16F3NO/c14-13(15,16)12-6-2-1-4-10(12)8-17-9-11-5-3-7-18-11/h1-2,4,6,11,17H,3,5,7-9H2/p+1/t11-/m1/s1. The fourth-order valence-electron chi connectivity index (χ4n) is 2.23. The molecule has 18 heavy (non-hydrogen) atoms. The Labute approximate surface area is 104 Å². The molecule has 1 aliphatic heterocycles. The lowest BCUT2D eigenvalue weighted by Gasteiger charge is -2.13. The van der Waals surface area contributed by atoms with E-state index in [2.05, 4.69) is 0 Å². The van der Waals surface area contributed by atoms with Crippen LogP contribution in [-0.2, 0) is 17.5 Å². The zero-order valence-corrected chi connectivity index (χ0v) is 10.0. The summed E-state index contributed by atoms with van der Waals surface area (Å²) < 4.78 is 43.6. The molecule has 1 fully saturated rings. The number of halogens is 3. The van der Waals surface area contributed by atoms with Gasteiger partial charge < -0.3 is 10.1 Å². The first-order valence-corrected chi connectivity index (χ1v) is 6.16. The number of ether oxygens (including phenoxy) is 1. The summed E-state index contributed by atoms with van der Waals surface area (Å²) in [6.07, 6.45) is -2.01. The number of quaternary nitrogens is 1. The summed E-state index contributed by atoms with van der Waals surface area (Å²) >= 11 is 0. The van der Waals surface area contributed by atoms with Crippen molar-refractivity contribution < 1.29 is 23.2 Å². The van der Waals surface area contributed by atoms with E-state index < -0.39 is 11.7 Å². The minimum atomic E-state index is -4.27. The number of rotatable bonds is 4. The van der Waals surface area contributed by atoms with E-state index in [-0.39, 0.29) is 6.10 Å². The molecule has 1 heterocycles. The molecule has 2 nitrogen and oxygen atoms in total. The Bertz CT molecular complexity index is 386. The van der Waals surface area contributed by atoms with Crippen LogP contribution in [0.2, 0.25) is 0 Å². The number of hydrogen-bond acceptors (Lipinski definition) is 1. The van der Waals surface area contributed by atoms with Gasteiger partial charge in [-0.15, -0.1) is 0 Å². The van der Waals surface area contributed by atoms with Crippen molar-refractivity contribution in [1.29, 1.82) is 0 Å². The molecule has 0 saturated carbocycles. The summed E-state index contributed by atoms with van der Waals surface area (Å²) in [7, 11) is 0. The smallest absolute Gasteiger partial charge is 0.372 e. The molecule has 0 aliphatic carbocycles. The van der Waals surface area contributed by atoms with E-state index in [1.54, 1.807) is 6.07 Å². The van der Waals surface area contributed by atoms with E-state index in [1.165, 1.54) is 12.1 Å². The van der Waals surface area contributed by atoms with Crippen molar-refractivity contribution in [2.75, 3.05) is 13.2 Å². The van der Waals surface area contributed by atoms with Crippen LogP contribution in [0.5, 0.6) is 0 Å². The molecular weight excluding hydrogens is 243 g/mol. The molecule has 2 rings (SSSR count). The third kappa shape index (κ3) is 3.46.